The van der Waals surface area contributed by atoms with Gasteiger partial charge in [0.25, 0.3) is 0 Å². The van der Waals surface area contributed by atoms with Gasteiger partial charge < -0.3 is 9.84 Å². The third-order valence-corrected chi connectivity index (χ3v) is 3.13. The van der Waals surface area contributed by atoms with Crippen molar-refractivity contribution in [3.05, 3.63) is 28.3 Å². The smallest absolute Gasteiger partial charge is 0.310 e. The van der Waals surface area contributed by atoms with Gasteiger partial charge in [-0.15, -0.1) is 0 Å². The first-order valence-corrected chi connectivity index (χ1v) is 5.65. The molecule has 0 fully saturated rings. The summed E-state index contributed by atoms with van der Waals surface area (Å²) in [6.45, 7) is 2.34. The van der Waals surface area contributed by atoms with Gasteiger partial charge in [-0.25, -0.2) is 0 Å². The number of hydrogen-bond donors (Lipinski definition) is 1. The Balaban J connectivity index is 2.42. The lowest BCUT2D eigenvalue weighted by atomic mass is 9.96. The predicted octanol–water partition coefficient (Wildman–Crippen LogP) is 2.85. The van der Waals surface area contributed by atoms with Gasteiger partial charge in [-0.1, -0.05) is 17.7 Å². The summed E-state index contributed by atoms with van der Waals surface area (Å²) in [7, 11) is 0. The third-order valence-electron chi connectivity index (χ3n) is 2.85. The Morgan fingerprint density at radius 3 is 3.00 bits per heavy atom. The lowest BCUT2D eigenvalue weighted by molar-refractivity contribution is -0.138. The Bertz CT molecular complexity index is 429. The summed E-state index contributed by atoms with van der Waals surface area (Å²) in [5.41, 5.74) is 1.75. The second kappa shape index (κ2) is 4.34. The molecular formula is C12H13ClO3. The molecule has 1 atom stereocenters. The van der Waals surface area contributed by atoms with E-state index < -0.39 is 11.9 Å². The van der Waals surface area contributed by atoms with E-state index >= 15 is 0 Å². The number of aryl methyl sites for hydroxylation is 1. The van der Waals surface area contributed by atoms with Gasteiger partial charge in [0.2, 0.25) is 0 Å². The number of aliphatic carboxylic acids is 1. The zero-order valence-corrected chi connectivity index (χ0v) is 9.75. The van der Waals surface area contributed by atoms with Crippen LogP contribution in [0.25, 0.3) is 0 Å². The molecular weight excluding hydrogens is 228 g/mol. The fraction of sp³-hybridized carbons (Fsp3) is 0.417. The maximum atomic E-state index is 10.9. The van der Waals surface area contributed by atoms with Crippen molar-refractivity contribution in [2.75, 3.05) is 6.61 Å². The fourth-order valence-corrected chi connectivity index (χ4v) is 2.15. The van der Waals surface area contributed by atoms with E-state index in [1.807, 2.05) is 6.07 Å². The molecule has 0 radical (unpaired) electrons. The van der Waals surface area contributed by atoms with Crippen LogP contribution in [-0.2, 0) is 11.2 Å². The van der Waals surface area contributed by atoms with Crippen LogP contribution in [0.1, 0.15) is 30.4 Å². The number of halogens is 1. The molecule has 1 unspecified atom stereocenters. The molecule has 1 aliphatic rings. The Morgan fingerprint density at radius 2 is 2.31 bits per heavy atom. The maximum absolute atomic E-state index is 10.9. The number of ether oxygens (including phenoxy) is 1. The maximum Gasteiger partial charge on any atom is 0.310 e. The summed E-state index contributed by atoms with van der Waals surface area (Å²) >= 11 is 6.08. The molecule has 3 nitrogen and oxygen atoms in total. The second-order valence-corrected chi connectivity index (χ2v) is 4.41. The molecule has 0 bridgehead atoms. The van der Waals surface area contributed by atoms with Crippen molar-refractivity contribution in [3.63, 3.8) is 0 Å². The van der Waals surface area contributed by atoms with Crippen molar-refractivity contribution >= 4 is 17.6 Å². The predicted molar refractivity (Wildman–Crippen MR) is 61.3 cm³/mol. The molecule has 0 saturated carbocycles. The van der Waals surface area contributed by atoms with E-state index in [-0.39, 0.29) is 0 Å². The van der Waals surface area contributed by atoms with Gasteiger partial charge in [-0.3, -0.25) is 4.79 Å². The quantitative estimate of drug-likeness (QED) is 0.865. The summed E-state index contributed by atoms with van der Waals surface area (Å²) in [5, 5.41) is 9.47. The largest absolute Gasteiger partial charge is 0.492 e. The zero-order chi connectivity index (χ0) is 11.7. The summed E-state index contributed by atoms with van der Waals surface area (Å²) in [6.07, 6.45) is 1.85. The van der Waals surface area contributed by atoms with E-state index in [9.17, 15) is 4.79 Å². The molecule has 0 saturated heterocycles. The molecule has 0 amide bonds. The molecule has 2 rings (SSSR count). The lowest BCUT2D eigenvalue weighted by Gasteiger charge is -2.20. The highest BCUT2D eigenvalue weighted by atomic mass is 35.5. The van der Waals surface area contributed by atoms with E-state index in [4.69, 9.17) is 21.4 Å². The first kappa shape index (κ1) is 11.3. The molecule has 16 heavy (non-hydrogen) atoms. The van der Waals surface area contributed by atoms with Crippen LogP contribution >= 0.6 is 11.6 Å². The number of carboxylic acid groups (broad SMARTS) is 1. The molecule has 1 aliphatic heterocycles. The highest BCUT2D eigenvalue weighted by molar-refractivity contribution is 6.32. The SMILES string of the molecule is CC(C(=O)O)c1cc(Cl)c2c(c1)CCCO2. The van der Waals surface area contributed by atoms with Crippen LogP contribution in [0.2, 0.25) is 5.02 Å². The number of benzene rings is 1. The van der Waals surface area contributed by atoms with Crippen LogP contribution in [0.3, 0.4) is 0 Å². The van der Waals surface area contributed by atoms with Crippen molar-refractivity contribution in [3.8, 4) is 5.75 Å². The van der Waals surface area contributed by atoms with Gasteiger partial charge in [0, 0.05) is 0 Å². The molecule has 1 aromatic rings. The second-order valence-electron chi connectivity index (χ2n) is 4.00. The van der Waals surface area contributed by atoms with Crippen LogP contribution in [0, 0.1) is 0 Å². The number of hydrogen-bond acceptors (Lipinski definition) is 2. The highest BCUT2D eigenvalue weighted by Gasteiger charge is 2.20. The fourth-order valence-electron chi connectivity index (χ4n) is 1.85. The van der Waals surface area contributed by atoms with Gasteiger partial charge in [0.15, 0.2) is 0 Å². The summed E-state index contributed by atoms with van der Waals surface area (Å²) < 4.78 is 5.47. The van der Waals surface area contributed by atoms with Crippen molar-refractivity contribution in [1.82, 2.24) is 0 Å². The van der Waals surface area contributed by atoms with Gasteiger partial charge >= 0.3 is 5.97 Å². The van der Waals surface area contributed by atoms with Crippen molar-refractivity contribution in [2.45, 2.75) is 25.7 Å². The van der Waals surface area contributed by atoms with Crippen molar-refractivity contribution in [1.29, 1.82) is 0 Å². The van der Waals surface area contributed by atoms with Crippen LogP contribution in [0.5, 0.6) is 5.75 Å². The normalized spacial score (nSPS) is 16.1. The third kappa shape index (κ3) is 2.00. The first-order chi connectivity index (χ1) is 7.59. The Morgan fingerprint density at radius 1 is 1.56 bits per heavy atom. The van der Waals surface area contributed by atoms with E-state index in [1.54, 1.807) is 13.0 Å². The van der Waals surface area contributed by atoms with Crippen LogP contribution < -0.4 is 4.74 Å². The van der Waals surface area contributed by atoms with E-state index in [1.165, 1.54) is 0 Å². The molecule has 0 aromatic heterocycles. The summed E-state index contributed by atoms with van der Waals surface area (Å²) in [5.74, 6) is -0.660. The number of rotatable bonds is 2. The monoisotopic (exact) mass is 240 g/mol. The van der Waals surface area contributed by atoms with Gasteiger partial charge in [0.1, 0.15) is 5.75 Å². The lowest BCUT2D eigenvalue weighted by Crippen LogP contribution is -2.12. The Hall–Kier alpha value is -1.22. The van der Waals surface area contributed by atoms with Crippen molar-refractivity contribution in [2.24, 2.45) is 0 Å². The molecule has 0 spiro atoms. The minimum absolute atomic E-state index is 0.514. The molecule has 4 heteroatoms. The van der Waals surface area contributed by atoms with Crippen LogP contribution in [0.15, 0.2) is 12.1 Å². The minimum atomic E-state index is -0.840. The van der Waals surface area contributed by atoms with Crippen molar-refractivity contribution < 1.29 is 14.6 Å². The van der Waals surface area contributed by atoms with Crippen LogP contribution in [0.4, 0.5) is 0 Å². The Labute approximate surface area is 99.0 Å². The molecule has 1 heterocycles. The molecule has 86 valence electrons. The molecule has 0 aliphatic carbocycles. The summed E-state index contributed by atoms with van der Waals surface area (Å²) in [6, 6.07) is 3.57. The van der Waals surface area contributed by atoms with Gasteiger partial charge in [0.05, 0.1) is 17.5 Å². The number of carbonyl (C=O) groups is 1. The number of fused-ring (bicyclic) bond motifs is 1. The van der Waals surface area contributed by atoms with Crippen LogP contribution in [-0.4, -0.2) is 17.7 Å². The van der Waals surface area contributed by atoms with Gasteiger partial charge in [-0.05, 0) is 37.0 Å². The van der Waals surface area contributed by atoms with E-state index in [0.717, 1.165) is 24.0 Å². The van der Waals surface area contributed by atoms with E-state index in [2.05, 4.69) is 0 Å². The van der Waals surface area contributed by atoms with Gasteiger partial charge in [-0.2, -0.15) is 0 Å². The molecule has 1 aromatic carbocycles. The zero-order valence-electron chi connectivity index (χ0n) is 9.00. The summed E-state index contributed by atoms with van der Waals surface area (Å²) in [4.78, 5) is 10.9. The standard InChI is InChI=1S/C12H13ClO3/c1-7(12(14)15)9-5-8-3-2-4-16-11(8)10(13)6-9/h5-7H,2-4H2,1H3,(H,14,15). The topological polar surface area (TPSA) is 46.5 Å². The minimum Gasteiger partial charge on any atom is -0.492 e. The first-order valence-electron chi connectivity index (χ1n) is 5.27. The average Bonchev–Trinajstić information content (AvgIpc) is 2.28. The molecule has 1 N–H and O–H groups in total. The Kier molecular flexibility index (Phi) is 3.06. The van der Waals surface area contributed by atoms with E-state index in [0.29, 0.717) is 17.4 Å². The number of carboxylic acids is 1. The average molecular weight is 241 g/mol. The highest BCUT2D eigenvalue weighted by Crippen LogP contribution is 2.35.